The Labute approximate surface area is 154 Å². The fourth-order valence-electron chi connectivity index (χ4n) is 2.99. The Morgan fingerprint density at radius 3 is 1.16 bits per heavy atom. The van der Waals surface area contributed by atoms with Crippen LogP contribution in [0.4, 0.5) is 0 Å². The maximum Gasteiger partial charge on any atom is 0.0506 e. The molecular weight excluding hydrogens is 304 g/mol. The first-order chi connectivity index (χ1) is 12.3. The average molecular weight is 339 g/mol. The SMILES string of the molecule is CCCCc1ccc(CCOCCc2ccc(CCCC)cc2)cc1. The maximum absolute atomic E-state index is 5.83. The van der Waals surface area contributed by atoms with E-state index in [-0.39, 0.29) is 0 Å². The minimum atomic E-state index is 0.808. The van der Waals surface area contributed by atoms with Crippen LogP contribution < -0.4 is 0 Å². The molecule has 0 heterocycles. The molecule has 0 fully saturated rings. The van der Waals surface area contributed by atoms with E-state index in [2.05, 4.69) is 62.4 Å². The van der Waals surface area contributed by atoms with Gasteiger partial charge in [-0.25, -0.2) is 0 Å². The highest BCUT2D eigenvalue weighted by molar-refractivity contribution is 5.23. The molecule has 0 N–H and O–H groups in total. The molecule has 2 aromatic carbocycles. The van der Waals surface area contributed by atoms with Gasteiger partial charge in [-0.2, -0.15) is 0 Å². The summed E-state index contributed by atoms with van der Waals surface area (Å²) in [6, 6.07) is 18.1. The van der Waals surface area contributed by atoms with Gasteiger partial charge in [-0.3, -0.25) is 0 Å². The van der Waals surface area contributed by atoms with Crippen molar-refractivity contribution in [3.05, 3.63) is 70.8 Å². The molecule has 0 aliphatic carbocycles. The number of unbranched alkanes of at least 4 members (excludes halogenated alkanes) is 2. The average Bonchev–Trinajstić information content (AvgIpc) is 2.66. The van der Waals surface area contributed by atoms with Crippen molar-refractivity contribution in [1.29, 1.82) is 0 Å². The molecule has 1 nitrogen and oxygen atoms in total. The van der Waals surface area contributed by atoms with Crippen LogP contribution in [0.5, 0.6) is 0 Å². The van der Waals surface area contributed by atoms with Crippen LogP contribution in [0.25, 0.3) is 0 Å². The number of benzene rings is 2. The Hall–Kier alpha value is -1.60. The lowest BCUT2D eigenvalue weighted by Gasteiger charge is -2.07. The quantitative estimate of drug-likeness (QED) is 0.420. The lowest BCUT2D eigenvalue weighted by molar-refractivity contribution is 0.140. The summed E-state index contributed by atoms with van der Waals surface area (Å²) in [4.78, 5) is 0. The number of aryl methyl sites for hydroxylation is 2. The smallest absolute Gasteiger partial charge is 0.0506 e. The van der Waals surface area contributed by atoms with Crippen LogP contribution in [-0.2, 0) is 30.4 Å². The molecule has 0 bridgehead atoms. The van der Waals surface area contributed by atoms with Crippen molar-refractivity contribution in [3.8, 4) is 0 Å². The Bertz CT molecular complexity index is 515. The molecule has 0 atom stereocenters. The molecule has 0 radical (unpaired) electrons. The molecule has 0 aliphatic rings. The molecule has 136 valence electrons. The predicted molar refractivity (Wildman–Crippen MR) is 108 cm³/mol. The minimum absolute atomic E-state index is 0.808. The van der Waals surface area contributed by atoms with Crippen molar-refractivity contribution in [2.24, 2.45) is 0 Å². The second-order valence-corrected chi connectivity index (χ2v) is 6.95. The topological polar surface area (TPSA) is 9.23 Å². The van der Waals surface area contributed by atoms with E-state index in [1.807, 2.05) is 0 Å². The highest BCUT2D eigenvalue weighted by Gasteiger charge is 1.98. The van der Waals surface area contributed by atoms with Crippen LogP contribution >= 0.6 is 0 Å². The van der Waals surface area contributed by atoms with Crippen LogP contribution in [0.3, 0.4) is 0 Å². The van der Waals surface area contributed by atoms with Gasteiger partial charge in [0.25, 0.3) is 0 Å². The summed E-state index contributed by atoms with van der Waals surface area (Å²) in [5.74, 6) is 0. The molecular formula is C24H34O. The number of hydrogen-bond acceptors (Lipinski definition) is 1. The molecule has 0 aliphatic heterocycles. The molecule has 0 saturated carbocycles. The zero-order chi connectivity index (χ0) is 17.7. The van der Waals surface area contributed by atoms with E-state index < -0.39 is 0 Å². The third-order valence-electron chi connectivity index (χ3n) is 4.75. The Morgan fingerprint density at radius 2 is 0.840 bits per heavy atom. The number of hydrogen-bond donors (Lipinski definition) is 0. The predicted octanol–water partition coefficient (Wildman–Crippen LogP) is 6.17. The van der Waals surface area contributed by atoms with Gasteiger partial charge in [-0.15, -0.1) is 0 Å². The highest BCUT2D eigenvalue weighted by Crippen LogP contribution is 2.10. The summed E-state index contributed by atoms with van der Waals surface area (Å²) >= 11 is 0. The molecule has 0 saturated heterocycles. The van der Waals surface area contributed by atoms with E-state index in [0.29, 0.717) is 0 Å². The lowest BCUT2D eigenvalue weighted by atomic mass is 10.0. The Kier molecular flexibility index (Phi) is 9.36. The van der Waals surface area contributed by atoms with Gasteiger partial charge in [0.05, 0.1) is 13.2 Å². The summed E-state index contributed by atoms with van der Waals surface area (Å²) < 4.78 is 5.83. The number of ether oxygens (including phenoxy) is 1. The fraction of sp³-hybridized carbons (Fsp3) is 0.500. The first-order valence-corrected chi connectivity index (χ1v) is 10.0. The Morgan fingerprint density at radius 1 is 0.520 bits per heavy atom. The van der Waals surface area contributed by atoms with Crippen molar-refractivity contribution >= 4 is 0 Å². The second kappa shape index (κ2) is 11.9. The van der Waals surface area contributed by atoms with Gasteiger partial charge < -0.3 is 4.74 Å². The monoisotopic (exact) mass is 338 g/mol. The Balaban J connectivity index is 1.61. The highest BCUT2D eigenvalue weighted by atomic mass is 16.5. The van der Waals surface area contributed by atoms with E-state index in [0.717, 1.165) is 26.1 Å². The fourth-order valence-corrected chi connectivity index (χ4v) is 2.99. The summed E-state index contributed by atoms with van der Waals surface area (Å²) in [5, 5.41) is 0. The molecule has 1 heteroatoms. The van der Waals surface area contributed by atoms with Crippen LogP contribution in [0.15, 0.2) is 48.5 Å². The van der Waals surface area contributed by atoms with Crippen molar-refractivity contribution in [2.45, 2.75) is 65.2 Å². The second-order valence-electron chi connectivity index (χ2n) is 6.95. The molecule has 0 aromatic heterocycles. The third kappa shape index (κ3) is 7.88. The van der Waals surface area contributed by atoms with Crippen molar-refractivity contribution in [3.63, 3.8) is 0 Å². The van der Waals surface area contributed by atoms with Gasteiger partial charge >= 0.3 is 0 Å². The van der Waals surface area contributed by atoms with Gasteiger partial charge in [0.2, 0.25) is 0 Å². The molecule has 25 heavy (non-hydrogen) atoms. The summed E-state index contributed by atoms with van der Waals surface area (Å²) in [6.45, 7) is 6.10. The maximum atomic E-state index is 5.83. The summed E-state index contributed by atoms with van der Waals surface area (Å²) in [6.07, 6.45) is 9.49. The summed E-state index contributed by atoms with van der Waals surface area (Å²) in [5.41, 5.74) is 5.66. The summed E-state index contributed by atoms with van der Waals surface area (Å²) in [7, 11) is 0. The van der Waals surface area contributed by atoms with Crippen LogP contribution in [0.2, 0.25) is 0 Å². The van der Waals surface area contributed by atoms with Gasteiger partial charge in [0, 0.05) is 0 Å². The zero-order valence-electron chi connectivity index (χ0n) is 16.1. The van der Waals surface area contributed by atoms with Gasteiger partial charge in [0.1, 0.15) is 0 Å². The van der Waals surface area contributed by atoms with E-state index in [4.69, 9.17) is 4.74 Å². The van der Waals surface area contributed by atoms with Crippen LogP contribution in [-0.4, -0.2) is 13.2 Å². The van der Waals surface area contributed by atoms with Crippen molar-refractivity contribution in [2.75, 3.05) is 13.2 Å². The first kappa shape index (κ1) is 19.7. The molecule has 2 aromatic rings. The van der Waals surface area contributed by atoms with Gasteiger partial charge in [-0.1, -0.05) is 75.2 Å². The zero-order valence-corrected chi connectivity index (χ0v) is 16.1. The van der Waals surface area contributed by atoms with Crippen molar-refractivity contribution in [1.82, 2.24) is 0 Å². The number of rotatable bonds is 12. The normalized spacial score (nSPS) is 11.0. The first-order valence-electron chi connectivity index (χ1n) is 10.0. The van der Waals surface area contributed by atoms with E-state index in [1.54, 1.807) is 0 Å². The minimum Gasteiger partial charge on any atom is -0.381 e. The van der Waals surface area contributed by atoms with Gasteiger partial charge in [0.15, 0.2) is 0 Å². The molecule has 0 spiro atoms. The van der Waals surface area contributed by atoms with Crippen molar-refractivity contribution < 1.29 is 4.74 Å². The van der Waals surface area contributed by atoms with Crippen LogP contribution in [0.1, 0.15) is 61.8 Å². The standard InChI is InChI=1S/C24H34O/c1-3-5-7-21-9-13-23(14-10-21)17-19-25-20-18-24-15-11-22(12-16-24)8-6-4-2/h9-16H,3-8,17-20H2,1-2H3. The molecule has 2 rings (SSSR count). The third-order valence-corrected chi connectivity index (χ3v) is 4.75. The largest absolute Gasteiger partial charge is 0.381 e. The van der Waals surface area contributed by atoms with E-state index in [1.165, 1.54) is 60.8 Å². The van der Waals surface area contributed by atoms with Crippen LogP contribution in [0, 0.1) is 0 Å². The van der Waals surface area contributed by atoms with E-state index >= 15 is 0 Å². The molecule has 0 amide bonds. The molecule has 0 unspecified atom stereocenters. The van der Waals surface area contributed by atoms with Gasteiger partial charge in [-0.05, 0) is 60.8 Å². The van der Waals surface area contributed by atoms with E-state index in [9.17, 15) is 0 Å². The lowest BCUT2D eigenvalue weighted by Crippen LogP contribution is -2.03.